The number of rotatable bonds is 3. The van der Waals surface area contributed by atoms with Gasteiger partial charge in [-0.3, -0.25) is 4.79 Å². The minimum Gasteiger partial charge on any atom is -0.342 e. The SMILES string of the molecule is Cc1ccc2nc([C@@H]3CCCN(C(=O)Cn4nccn4)C3)[nH]c2c1. The Bertz CT molecular complexity index is 853. The molecular formula is C17H20N6O. The molecule has 1 saturated heterocycles. The Morgan fingerprint density at radius 3 is 3.00 bits per heavy atom. The predicted octanol–water partition coefficient (Wildman–Crippen LogP) is 1.87. The van der Waals surface area contributed by atoms with Crippen molar-refractivity contribution in [1.82, 2.24) is 29.9 Å². The van der Waals surface area contributed by atoms with E-state index < -0.39 is 0 Å². The fraction of sp³-hybridized carbons (Fsp3) is 0.412. The van der Waals surface area contributed by atoms with Crippen LogP contribution >= 0.6 is 0 Å². The molecule has 7 heteroatoms. The molecule has 1 aromatic carbocycles. The zero-order valence-corrected chi connectivity index (χ0v) is 13.6. The van der Waals surface area contributed by atoms with Crippen molar-refractivity contribution in [2.24, 2.45) is 0 Å². The maximum Gasteiger partial charge on any atom is 0.246 e. The largest absolute Gasteiger partial charge is 0.342 e. The first-order chi connectivity index (χ1) is 11.7. The van der Waals surface area contributed by atoms with Gasteiger partial charge in [-0.15, -0.1) is 0 Å². The van der Waals surface area contributed by atoms with Crippen LogP contribution in [0.15, 0.2) is 30.6 Å². The van der Waals surface area contributed by atoms with Gasteiger partial charge in [-0.2, -0.15) is 15.0 Å². The van der Waals surface area contributed by atoms with Crippen LogP contribution in [-0.2, 0) is 11.3 Å². The highest BCUT2D eigenvalue weighted by atomic mass is 16.2. The Hall–Kier alpha value is -2.70. The van der Waals surface area contributed by atoms with Gasteiger partial charge < -0.3 is 9.88 Å². The van der Waals surface area contributed by atoms with Crippen LogP contribution in [0.3, 0.4) is 0 Å². The van der Waals surface area contributed by atoms with Gasteiger partial charge in [-0.25, -0.2) is 4.98 Å². The van der Waals surface area contributed by atoms with Gasteiger partial charge in [0.15, 0.2) is 0 Å². The van der Waals surface area contributed by atoms with Crippen LogP contribution < -0.4 is 0 Å². The van der Waals surface area contributed by atoms with Crippen LogP contribution in [0.25, 0.3) is 11.0 Å². The van der Waals surface area contributed by atoms with Crippen molar-refractivity contribution >= 4 is 16.9 Å². The third-order valence-electron chi connectivity index (χ3n) is 4.56. The highest BCUT2D eigenvalue weighted by molar-refractivity contribution is 5.77. The van der Waals surface area contributed by atoms with E-state index in [9.17, 15) is 4.79 Å². The van der Waals surface area contributed by atoms with Crippen LogP contribution in [0.1, 0.15) is 30.1 Å². The molecule has 1 atom stereocenters. The maximum atomic E-state index is 12.5. The molecule has 124 valence electrons. The van der Waals surface area contributed by atoms with E-state index in [4.69, 9.17) is 4.98 Å². The summed E-state index contributed by atoms with van der Waals surface area (Å²) in [5.41, 5.74) is 3.26. The molecule has 0 bridgehead atoms. The summed E-state index contributed by atoms with van der Waals surface area (Å²) >= 11 is 0. The highest BCUT2D eigenvalue weighted by Crippen LogP contribution is 2.27. The average molecular weight is 324 g/mol. The van der Waals surface area contributed by atoms with Crippen LogP contribution in [0.2, 0.25) is 0 Å². The van der Waals surface area contributed by atoms with Crippen molar-refractivity contribution in [1.29, 1.82) is 0 Å². The smallest absolute Gasteiger partial charge is 0.246 e. The van der Waals surface area contributed by atoms with Gasteiger partial charge in [0.25, 0.3) is 0 Å². The van der Waals surface area contributed by atoms with Crippen LogP contribution in [0, 0.1) is 6.92 Å². The normalized spacial score (nSPS) is 18.2. The molecular weight excluding hydrogens is 304 g/mol. The zero-order valence-electron chi connectivity index (χ0n) is 13.6. The summed E-state index contributed by atoms with van der Waals surface area (Å²) in [6, 6.07) is 6.22. The molecule has 0 saturated carbocycles. The second kappa shape index (κ2) is 6.07. The molecule has 3 heterocycles. The monoisotopic (exact) mass is 324 g/mol. The number of hydrogen-bond donors (Lipinski definition) is 1. The van der Waals surface area contributed by atoms with Crippen molar-refractivity contribution in [3.8, 4) is 0 Å². The second-order valence-electron chi connectivity index (χ2n) is 6.38. The molecule has 24 heavy (non-hydrogen) atoms. The number of imidazole rings is 1. The van der Waals surface area contributed by atoms with Gasteiger partial charge in [0, 0.05) is 19.0 Å². The Labute approximate surface area is 139 Å². The average Bonchev–Trinajstić information content (AvgIpc) is 3.24. The summed E-state index contributed by atoms with van der Waals surface area (Å²) in [6.45, 7) is 3.75. The molecule has 7 nitrogen and oxygen atoms in total. The number of carbonyl (C=O) groups is 1. The molecule has 2 aromatic heterocycles. The maximum absolute atomic E-state index is 12.5. The van der Waals surface area contributed by atoms with E-state index in [1.54, 1.807) is 12.4 Å². The van der Waals surface area contributed by atoms with Gasteiger partial charge in [0.05, 0.1) is 23.4 Å². The molecule has 1 aliphatic heterocycles. The molecule has 3 aromatic rings. The van der Waals surface area contributed by atoms with E-state index in [1.807, 2.05) is 11.0 Å². The fourth-order valence-electron chi connectivity index (χ4n) is 3.31. The number of hydrogen-bond acceptors (Lipinski definition) is 4. The van der Waals surface area contributed by atoms with Crippen molar-refractivity contribution < 1.29 is 4.79 Å². The van der Waals surface area contributed by atoms with Gasteiger partial charge in [-0.05, 0) is 37.5 Å². The topological polar surface area (TPSA) is 79.7 Å². The molecule has 0 unspecified atom stereocenters. The minimum absolute atomic E-state index is 0.0582. The summed E-state index contributed by atoms with van der Waals surface area (Å²) in [5.74, 6) is 1.29. The number of amides is 1. The first-order valence-electron chi connectivity index (χ1n) is 8.27. The summed E-state index contributed by atoms with van der Waals surface area (Å²) in [4.78, 5) is 23.9. The number of carbonyl (C=O) groups excluding carboxylic acids is 1. The lowest BCUT2D eigenvalue weighted by Crippen LogP contribution is -2.41. The number of fused-ring (bicyclic) bond motifs is 1. The lowest BCUT2D eigenvalue weighted by molar-refractivity contribution is -0.133. The highest BCUT2D eigenvalue weighted by Gasteiger charge is 2.27. The quantitative estimate of drug-likeness (QED) is 0.797. The fourth-order valence-corrected chi connectivity index (χ4v) is 3.31. The zero-order chi connectivity index (χ0) is 16.5. The summed E-state index contributed by atoms with van der Waals surface area (Å²) in [5, 5.41) is 8.01. The number of benzene rings is 1. The molecule has 1 amide bonds. The van der Waals surface area contributed by atoms with Crippen molar-refractivity contribution in [3.63, 3.8) is 0 Å². The van der Waals surface area contributed by atoms with E-state index >= 15 is 0 Å². The van der Waals surface area contributed by atoms with E-state index in [0.29, 0.717) is 6.54 Å². The van der Waals surface area contributed by atoms with E-state index in [2.05, 4.69) is 34.2 Å². The van der Waals surface area contributed by atoms with Gasteiger partial charge in [-0.1, -0.05) is 6.07 Å². The van der Waals surface area contributed by atoms with Gasteiger partial charge in [0.1, 0.15) is 12.4 Å². The van der Waals surface area contributed by atoms with E-state index in [1.165, 1.54) is 10.4 Å². The first-order valence-corrected chi connectivity index (χ1v) is 8.27. The molecule has 1 fully saturated rings. The number of H-pyrrole nitrogens is 1. The van der Waals surface area contributed by atoms with Crippen molar-refractivity contribution in [2.75, 3.05) is 13.1 Å². The number of aryl methyl sites for hydroxylation is 1. The van der Waals surface area contributed by atoms with Gasteiger partial charge >= 0.3 is 0 Å². The second-order valence-corrected chi connectivity index (χ2v) is 6.38. The molecule has 1 aliphatic rings. The number of aromatic amines is 1. The third-order valence-corrected chi connectivity index (χ3v) is 4.56. The number of nitrogens with zero attached hydrogens (tertiary/aromatic N) is 5. The number of aromatic nitrogens is 5. The molecule has 0 spiro atoms. The minimum atomic E-state index is 0.0582. The van der Waals surface area contributed by atoms with Crippen LogP contribution in [0.5, 0.6) is 0 Å². The van der Waals surface area contributed by atoms with Crippen LogP contribution in [-0.4, -0.2) is 48.9 Å². The predicted molar refractivity (Wildman–Crippen MR) is 89.4 cm³/mol. The Morgan fingerprint density at radius 2 is 2.17 bits per heavy atom. The number of nitrogens with one attached hydrogen (secondary N) is 1. The molecule has 0 aliphatic carbocycles. The molecule has 4 rings (SSSR count). The standard InChI is InChI=1S/C17H20N6O/c1-12-4-5-14-15(9-12)21-17(20-14)13-3-2-8-22(10-13)16(24)11-23-18-6-7-19-23/h4-7,9,13H,2-3,8,10-11H2,1H3,(H,20,21)/t13-/m1/s1. The number of likely N-dealkylation sites (tertiary alicyclic amines) is 1. The molecule has 1 N–H and O–H groups in total. The summed E-state index contributed by atoms with van der Waals surface area (Å²) < 4.78 is 0. The third kappa shape index (κ3) is 2.89. The lowest BCUT2D eigenvalue weighted by Gasteiger charge is -2.31. The first kappa shape index (κ1) is 14.9. The Morgan fingerprint density at radius 1 is 1.33 bits per heavy atom. The van der Waals surface area contributed by atoms with Crippen LogP contribution in [0.4, 0.5) is 0 Å². The van der Waals surface area contributed by atoms with Crippen molar-refractivity contribution in [2.45, 2.75) is 32.2 Å². The summed E-state index contributed by atoms with van der Waals surface area (Å²) in [7, 11) is 0. The Kier molecular flexibility index (Phi) is 3.76. The number of piperidine rings is 1. The van der Waals surface area contributed by atoms with Gasteiger partial charge in [0.2, 0.25) is 5.91 Å². The summed E-state index contributed by atoms with van der Waals surface area (Å²) in [6.07, 6.45) is 5.20. The Balaban J connectivity index is 1.50. The van der Waals surface area contributed by atoms with Crippen molar-refractivity contribution in [3.05, 3.63) is 42.0 Å². The molecule has 0 radical (unpaired) electrons. The van der Waals surface area contributed by atoms with E-state index in [-0.39, 0.29) is 18.4 Å². The lowest BCUT2D eigenvalue weighted by atomic mass is 9.97. The van der Waals surface area contributed by atoms with E-state index in [0.717, 1.165) is 36.2 Å².